The Balaban J connectivity index is 2.42. The highest BCUT2D eigenvalue weighted by Crippen LogP contribution is 2.14. The summed E-state index contributed by atoms with van der Waals surface area (Å²) in [6.45, 7) is 6.06. The molecule has 1 atom stereocenters. The Bertz CT molecular complexity index is 390. The van der Waals surface area contributed by atoms with E-state index in [4.69, 9.17) is 4.74 Å². The lowest BCUT2D eigenvalue weighted by Crippen LogP contribution is -2.40. The Hall–Kier alpha value is -1.55. The molecule has 1 aromatic rings. The van der Waals surface area contributed by atoms with Gasteiger partial charge < -0.3 is 15.4 Å². The van der Waals surface area contributed by atoms with Gasteiger partial charge in [-0.2, -0.15) is 0 Å². The largest absolute Gasteiger partial charge is 0.375 e. The molecule has 0 fully saturated rings. The molecule has 0 aromatic heterocycles. The Morgan fingerprint density at radius 1 is 1.20 bits per heavy atom. The second kappa shape index (κ2) is 9.37. The molecule has 1 rings (SSSR count). The summed E-state index contributed by atoms with van der Waals surface area (Å²) in [6, 6.07) is 10.2. The summed E-state index contributed by atoms with van der Waals surface area (Å²) in [5.41, 5.74) is 1.17. The predicted molar refractivity (Wildman–Crippen MR) is 85.0 cm³/mol. The van der Waals surface area contributed by atoms with Crippen LogP contribution in [0.4, 0.5) is 0 Å². The molecule has 0 amide bonds. The van der Waals surface area contributed by atoms with Crippen molar-refractivity contribution in [3.63, 3.8) is 0 Å². The van der Waals surface area contributed by atoms with Crippen LogP contribution in [-0.4, -0.2) is 33.2 Å². The number of methoxy groups -OCH3 is 1. The van der Waals surface area contributed by atoms with Gasteiger partial charge in [0, 0.05) is 27.2 Å². The molecule has 112 valence electrons. The topological polar surface area (TPSA) is 45.7 Å². The van der Waals surface area contributed by atoms with Crippen LogP contribution in [0.5, 0.6) is 0 Å². The average Bonchev–Trinajstić information content (AvgIpc) is 2.46. The summed E-state index contributed by atoms with van der Waals surface area (Å²) in [5.74, 6) is 1.51. The van der Waals surface area contributed by atoms with Gasteiger partial charge in [0.05, 0.1) is 6.10 Å². The van der Waals surface area contributed by atoms with E-state index in [2.05, 4.69) is 41.6 Å². The molecule has 1 aromatic carbocycles. The highest BCUT2D eigenvalue weighted by Gasteiger charge is 2.10. The number of nitrogens with one attached hydrogen (secondary N) is 2. The van der Waals surface area contributed by atoms with Gasteiger partial charge in [-0.1, -0.05) is 44.2 Å². The first kappa shape index (κ1) is 16.5. The standard InChI is InChI=1S/C16H27N3O/c1-13(2)10-11-18-16(17-3)19-12-15(20-4)14-8-6-5-7-9-14/h5-9,13,15H,10-12H2,1-4H3,(H2,17,18,19). The molecule has 0 spiro atoms. The van der Waals surface area contributed by atoms with Crippen LogP contribution >= 0.6 is 0 Å². The molecule has 0 saturated heterocycles. The molecule has 4 heteroatoms. The van der Waals surface area contributed by atoms with Crippen LogP contribution in [0.15, 0.2) is 35.3 Å². The highest BCUT2D eigenvalue weighted by atomic mass is 16.5. The van der Waals surface area contributed by atoms with Crippen molar-refractivity contribution in [3.8, 4) is 0 Å². The molecule has 1 unspecified atom stereocenters. The maximum atomic E-state index is 5.53. The van der Waals surface area contributed by atoms with Gasteiger partial charge in [0.2, 0.25) is 0 Å². The van der Waals surface area contributed by atoms with E-state index in [-0.39, 0.29) is 6.10 Å². The Morgan fingerprint density at radius 3 is 2.45 bits per heavy atom. The van der Waals surface area contributed by atoms with E-state index in [0.717, 1.165) is 18.9 Å². The smallest absolute Gasteiger partial charge is 0.191 e. The maximum absolute atomic E-state index is 5.53. The Labute approximate surface area is 122 Å². The van der Waals surface area contributed by atoms with Crippen molar-refractivity contribution >= 4 is 5.96 Å². The molecular formula is C16H27N3O. The minimum absolute atomic E-state index is 0.0276. The number of hydrogen-bond acceptors (Lipinski definition) is 2. The molecule has 0 aliphatic carbocycles. The van der Waals surface area contributed by atoms with Gasteiger partial charge in [-0.05, 0) is 17.9 Å². The van der Waals surface area contributed by atoms with E-state index in [9.17, 15) is 0 Å². The van der Waals surface area contributed by atoms with Crippen molar-refractivity contribution in [2.75, 3.05) is 27.2 Å². The van der Waals surface area contributed by atoms with Gasteiger partial charge in [-0.25, -0.2) is 0 Å². The first-order chi connectivity index (χ1) is 9.67. The predicted octanol–water partition coefficient (Wildman–Crippen LogP) is 2.59. The van der Waals surface area contributed by atoms with Crippen LogP contribution in [0, 0.1) is 5.92 Å². The number of benzene rings is 1. The number of guanidine groups is 1. The van der Waals surface area contributed by atoms with E-state index in [1.807, 2.05) is 18.2 Å². The molecule has 0 aliphatic heterocycles. The molecule has 20 heavy (non-hydrogen) atoms. The van der Waals surface area contributed by atoms with Crippen molar-refractivity contribution in [3.05, 3.63) is 35.9 Å². The molecule has 4 nitrogen and oxygen atoms in total. The fourth-order valence-corrected chi connectivity index (χ4v) is 1.89. The van der Waals surface area contributed by atoms with Crippen LogP contribution in [0.25, 0.3) is 0 Å². The summed E-state index contributed by atoms with van der Waals surface area (Å²) < 4.78 is 5.53. The van der Waals surface area contributed by atoms with Crippen molar-refractivity contribution in [2.45, 2.75) is 26.4 Å². The number of ether oxygens (including phenoxy) is 1. The van der Waals surface area contributed by atoms with Crippen LogP contribution in [0.2, 0.25) is 0 Å². The molecular weight excluding hydrogens is 250 g/mol. The third kappa shape index (κ3) is 6.06. The third-order valence-electron chi connectivity index (χ3n) is 3.15. The van der Waals surface area contributed by atoms with E-state index >= 15 is 0 Å². The zero-order valence-corrected chi connectivity index (χ0v) is 13.0. The van der Waals surface area contributed by atoms with Crippen molar-refractivity contribution in [2.24, 2.45) is 10.9 Å². The van der Waals surface area contributed by atoms with E-state index < -0.39 is 0 Å². The molecule has 0 aliphatic rings. The lowest BCUT2D eigenvalue weighted by molar-refractivity contribution is 0.106. The summed E-state index contributed by atoms with van der Waals surface area (Å²) in [7, 11) is 3.52. The monoisotopic (exact) mass is 277 g/mol. The molecule has 0 saturated carbocycles. The number of hydrogen-bond donors (Lipinski definition) is 2. The fraction of sp³-hybridized carbons (Fsp3) is 0.562. The summed E-state index contributed by atoms with van der Waals surface area (Å²) in [5, 5.41) is 6.62. The minimum atomic E-state index is 0.0276. The normalized spacial score (nSPS) is 13.3. The van der Waals surface area contributed by atoms with Gasteiger partial charge in [0.1, 0.15) is 0 Å². The zero-order valence-electron chi connectivity index (χ0n) is 13.0. The molecule has 0 bridgehead atoms. The second-order valence-corrected chi connectivity index (χ2v) is 5.20. The SMILES string of the molecule is CN=C(NCCC(C)C)NCC(OC)c1ccccc1. The summed E-state index contributed by atoms with van der Waals surface area (Å²) in [4.78, 5) is 4.22. The quantitative estimate of drug-likeness (QED) is 0.595. The van der Waals surface area contributed by atoms with Crippen LogP contribution in [-0.2, 0) is 4.74 Å². The van der Waals surface area contributed by atoms with Gasteiger partial charge in [-0.3, -0.25) is 4.99 Å². The number of aliphatic imine (C=N–C) groups is 1. The number of rotatable bonds is 7. The number of nitrogens with zero attached hydrogens (tertiary/aromatic N) is 1. The third-order valence-corrected chi connectivity index (χ3v) is 3.15. The van der Waals surface area contributed by atoms with E-state index in [1.54, 1.807) is 14.2 Å². The highest BCUT2D eigenvalue weighted by molar-refractivity contribution is 5.79. The lowest BCUT2D eigenvalue weighted by Gasteiger charge is -2.19. The fourth-order valence-electron chi connectivity index (χ4n) is 1.89. The van der Waals surface area contributed by atoms with Gasteiger partial charge in [0.15, 0.2) is 5.96 Å². The molecule has 0 heterocycles. The van der Waals surface area contributed by atoms with Gasteiger partial charge in [0.25, 0.3) is 0 Å². The molecule has 0 radical (unpaired) electrons. The molecule has 2 N–H and O–H groups in total. The average molecular weight is 277 g/mol. The Morgan fingerprint density at radius 2 is 1.90 bits per heavy atom. The first-order valence-corrected chi connectivity index (χ1v) is 7.19. The minimum Gasteiger partial charge on any atom is -0.375 e. The van der Waals surface area contributed by atoms with Crippen LogP contribution in [0.1, 0.15) is 31.9 Å². The Kier molecular flexibility index (Phi) is 7.73. The van der Waals surface area contributed by atoms with Gasteiger partial charge >= 0.3 is 0 Å². The van der Waals surface area contributed by atoms with Crippen LogP contribution in [0.3, 0.4) is 0 Å². The second-order valence-electron chi connectivity index (χ2n) is 5.20. The van der Waals surface area contributed by atoms with Crippen molar-refractivity contribution in [1.82, 2.24) is 10.6 Å². The van der Waals surface area contributed by atoms with Crippen molar-refractivity contribution in [1.29, 1.82) is 0 Å². The first-order valence-electron chi connectivity index (χ1n) is 7.19. The summed E-state index contributed by atoms with van der Waals surface area (Å²) in [6.07, 6.45) is 1.16. The van der Waals surface area contributed by atoms with E-state index in [1.165, 1.54) is 5.56 Å². The van der Waals surface area contributed by atoms with Crippen LogP contribution < -0.4 is 10.6 Å². The zero-order chi connectivity index (χ0) is 14.8. The summed E-state index contributed by atoms with van der Waals surface area (Å²) >= 11 is 0. The maximum Gasteiger partial charge on any atom is 0.191 e. The van der Waals surface area contributed by atoms with E-state index in [0.29, 0.717) is 12.5 Å². The van der Waals surface area contributed by atoms with Gasteiger partial charge in [-0.15, -0.1) is 0 Å². The lowest BCUT2D eigenvalue weighted by atomic mass is 10.1. The van der Waals surface area contributed by atoms with Crippen molar-refractivity contribution < 1.29 is 4.74 Å².